The van der Waals surface area contributed by atoms with Gasteiger partial charge in [0.1, 0.15) is 5.76 Å². The molecular formula is C12H12BrClN2O. The van der Waals surface area contributed by atoms with E-state index in [9.17, 15) is 0 Å². The summed E-state index contributed by atoms with van der Waals surface area (Å²) >= 11 is 9.33. The van der Waals surface area contributed by atoms with E-state index in [1.165, 1.54) is 0 Å². The standard InChI is InChI=1S/C12H12BrClN2O/c1-7-5-6-15-12(14)11(7)16-8(2)9-3-4-10(13)17-9/h3-6,8,16H,1-2H3. The largest absolute Gasteiger partial charge is 0.452 e. The summed E-state index contributed by atoms with van der Waals surface area (Å²) < 4.78 is 6.21. The van der Waals surface area contributed by atoms with Gasteiger partial charge in [-0.15, -0.1) is 0 Å². The molecule has 0 saturated carbocycles. The molecule has 90 valence electrons. The lowest BCUT2D eigenvalue weighted by molar-refractivity contribution is 0.471. The topological polar surface area (TPSA) is 38.1 Å². The molecule has 1 unspecified atom stereocenters. The highest BCUT2D eigenvalue weighted by Gasteiger charge is 2.13. The van der Waals surface area contributed by atoms with Gasteiger partial charge < -0.3 is 9.73 Å². The second-order valence-electron chi connectivity index (χ2n) is 3.80. The predicted octanol–water partition coefficient (Wildman–Crippen LogP) is 4.57. The minimum Gasteiger partial charge on any atom is -0.452 e. The Kier molecular flexibility index (Phi) is 3.74. The molecule has 0 aliphatic heterocycles. The number of rotatable bonds is 3. The van der Waals surface area contributed by atoms with E-state index in [0.29, 0.717) is 5.15 Å². The zero-order valence-electron chi connectivity index (χ0n) is 9.50. The van der Waals surface area contributed by atoms with Crippen molar-refractivity contribution in [2.45, 2.75) is 19.9 Å². The molecule has 3 nitrogen and oxygen atoms in total. The van der Waals surface area contributed by atoms with Crippen molar-refractivity contribution in [2.75, 3.05) is 5.32 Å². The van der Waals surface area contributed by atoms with Crippen molar-refractivity contribution in [1.29, 1.82) is 0 Å². The van der Waals surface area contributed by atoms with Crippen LogP contribution in [0.15, 0.2) is 33.5 Å². The molecule has 2 rings (SSSR count). The third-order valence-corrected chi connectivity index (χ3v) is 3.21. The van der Waals surface area contributed by atoms with Gasteiger partial charge in [0.2, 0.25) is 0 Å². The molecule has 2 aromatic heterocycles. The first-order valence-electron chi connectivity index (χ1n) is 5.21. The van der Waals surface area contributed by atoms with Crippen LogP contribution >= 0.6 is 27.5 Å². The van der Waals surface area contributed by atoms with Crippen LogP contribution < -0.4 is 5.32 Å². The fourth-order valence-corrected chi connectivity index (χ4v) is 2.13. The number of furan rings is 1. The molecule has 17 heavy (non-hydrogen) atoms. The van der Waals surface area contributed by atoms with E-state index < -0.39 is 0 Å². The van der Waals surface area contributed by atoms with E-state index in [2.05, 4.69) is 26.2 Å². The van der Waals surface area contributed by atoms with E-state index >= 15 is 0 Å². The van der Waals surface area contributed by atoms with Gasteiger partial charge in [-0.2, -0.15) is 0 Å². The molecule has 0 saturated heterocycles. The van der Waals surface area contributed by atoms with Crippen molar-refractivity contribution in [3.05, 3.63) is 45.5 Å². The average Bonchev–Trinajstić information content (AvgIpc) is 2.70. The summed E-state index contributed by atoms with van der Waals surface area (Å²) in [5.41, 5.74) is 1.90. The van der Waals surface area contributed by atoms with Gasteiger partial charge in [0.15, 0.2) is 9.82 Å². The van der Waals surface area contributed by atoms with E-state index in [-0.39, 0.29) is 6.04 Å². The second kappa shape index (κ2) is 5.10. The fourth-order valence-electron chi connectivity index (χ4n) is 1.55. The van der Waals surface area contributed by atoms with Crippen LogP contribution in [0, 0.1) is 6.92 Å². The summed E-state index contributed by atoms with van der Waals surface area (Å²) in [4.78, 5) is 4.05. The second-order valence-corrected chi connectivity index (χ2v) is 4.94. The van der Waals surface area contributed by atoms with Crippen molar-refractivity contribution in [3.63, 3.8) is 0 Å². The van der Waals surface area contributed by atoms with Crippen molar-refractivity contribution >= 4 is 33.2 Å². The van der Waals surface area contributed by atoms with E-state index in [1.54, 1.807) is 6.20 Å². The highest BCUT2D eigenvalue weighted by molar-refractivity contribution is 9.10. The number of nitrogens with zero attached hydrogens (tertiary/aromatic N) is 1. The summed E-state index contributed by atoms with van der Waals surface area (Å²) in [6.07, 6.45) is 1.69. The number of hydrogen-bond acceptors (Lipinski definition) is 3. The third-order valence-electron chi connectivity index (χ3n) is 2.49. The Balaban J connectivity index is 2.21. The van der Waals surface area contributed by atoms with Crippen molar-refractivity contribution in [3.8, 4) is 0 Å². The number of aryl methyl sites for hydroxylation is 1. The van der Waals surface area contributed by atoms with Gasteiger partial charge in [0.25, 0.3) is 0 Å². The lowest BCUT2D eigenvalue weighted by Gasteiger charge is -2.15. The summed E-state index contributed by atoms with van der Waals surface area (Å²) in [6.45, 7) is 3.99. The van der Waals surface area contributed by atoms with Crippen LogP contribution in [-0.2, 0) is 0 Å². The minimum atomic E-state index is 0.0294. The van der Waals surface area contributed by atoms with Crippen LogP contribution in [0.4, 0.5) is 5.69 Å². The zero-order chi connectivity index (χ0) is 12.4. The average molecular weight is 316 g/mol. The van der Waals surface area contributed by atoms with E-state index in [4.69, 9.17) is 16.0 Å². The van der Waals surface area contributed by atoms with Gasteiger partial charge in [-0.05, 0) is 53.5 Å². The molecule has 0 amide bonds. The first-order chi connectivity index (χ1) is 8.08. The van der Waals surface area contributed by atoms with Crippen molar-refractivity contribution in [1.82, 2.24) is 4.98 Å². The molecule has 0 aliphatic carbocycles. The van der Waals surface area contributed by atoms with Crippen LogP contribution in [-0.4, -0.2) is 4.98 Å². The molecule has 0 radical (unpaired) electrons. The molecule has 0 bridgehead atoms. The molecule has 5 heteroatoms. The number of pyridine rings is 1. The van der Waals surface area contributed by atoms with Crippen LogP contribution in [0.25, 0.3) is 0 Å². The Labute approximate surface area is 113 Å². The first-order valence-corrected chi connectivity index (χ1v) is 6.38. The maximum absolute atomic E-state index is 6.05. The summed E-state index contributed by atoms with van der Waals surface area (Å²) in [5, 5.41) is 3.77. The lowest BCUT2D eigenvalue weighted by atomic mass is 10.2. The maximum atomic E-state index is 6.05. The molecule has 1 N–H and O–H groups in total. The quantitative estimate of drug-likeness (QED) is 0.843. The monoisotopic (exact) mass is 314 g/mol. The molecule has 0 fully saturated rings. The SMILES string of the molecule is Cc1ccnc(Cl)c1NC(C)c1ccc(Br)o1. The third kappa shape index (κ3) is 2.82. The zero-order valence-corrected chi connectivity index (χ0v) is 11.8. The number of hydrogen-bond donors (Lipinski definition) is 1. The van der Waals surface area contributed by atoms with Crippen LogP contribution in [0.2, 0.25) is 5.15 Å². The number of halogens is 2. The fraction of sp³-hybridized carbons (Fsp3) is 0.250. The van der Waals surface area contributed by atoms with Crippen LogP contribution in [0.3, 0.4) is 0 Å². The van der Waals surface area contributed by atoms with Crippen molar-refractivity contribution in [2.24, 2.45) is 0 Å². The molecular weight excluding hydrogens is 304 g/mol. The Bertz CT molecular complexity index is 507. The van der Waals surface area contributed by atoms with Crippen LogP contribution in [0.1, 0.15) is 24.3 Å². The van der Waals surface area contributed by atoms with Gasteiger partial charge in [-0.3, -0.25) is 0 Å². The van der Waals surface area contributed by atoms with E-state index in [1.807, 2.05) is 32.0 Å². The van der Waals surface area contributed by atoms with Gasteiger partial charge in [0, 0.05) is 6.20 Å². The van der Waals surface area contributed by atoms with Gasteiger partial charge >= 0.3 is 0 Å². The van der Waals surface area contributed by atoms with Gasteiger partial charge in [-0.1, -0.05) is 11.6 Å². The molecule has 0 aromatic carbocycles. The molecule has 1 atom stereocenters. The van der Waals surface area contributed by atoms with Crippen LogP contribution in [0.5, 0.6) is 0 Å². The van der Waals surface area contributed by atoms with E-state index in [0.717, 1.165) is 21.7 Å². The Morgan fingerprint density at radius 1 is 1.41 bits per heavy atom. The highest BCUT2D eigenvalue weighted by Crippen LogP contribution is 2.28. The molecule has 2 heterocycles. The van der Waals surface area contributed by atoms with Crippen molar-refractivity contribution < 1.29 is 4.42 Å². The maximum Gasteiger partial charge on any atom is 0.169 e. The minimum absolute atomic E-state index is 0.0294. The molecule has 2 aromatic rings. The predicted molar refractivity (Wildman–Crippen MR) is 72.4 cm³/mol. The smallest absolute Gasteiger partial charge is 0.169 e. The summed E-state index contributed by atoms with van der Waals surface area (Å²) in [5.74, 6) is 0.844. The number of aromatic nitrogens is 1. The number of anilines is 1. The molecule has 0 aliphatic rings. The lowest BCUT2D eigenvalue weighted by Crippen LogP contribution is -2.07. The Morgan fingerprint density at radius 3 is 2.76 bits per heavy atom. The Hall–Kier alpha value is -1.000. The normalized spacial score (nSPS) is 12.5. The molecule has 0 spiro atoms. The number of nitrogens with one attached hydrogen (secondary N) is 1. The summed E-state index contributed by atoms with van der Waals surface area (Å²) in [7, 11) is 0. The van der Waals surface area contributed by atoms with Gasteiger partial charge in [-0.25, -0.2) is 4.98 Å². The summed E-state index contributed by atoms with van der Waals surface area (Å²) in [6, 6.07) is 5.73. The van der Waals surface area contributed by atoms with Gasteiger partial charge in [0.05, 0.1) is 11.7 Å². The Morgan fingerprint density at radius 2 is 2.18 bits per heavy atom. The first kappa shape index (κ1) is 12.5. The highest BCUT2D eigenvalue weighted by atomic mass is 79.9.